The molecule has 0 amide bonds. The smallest absolute Gasteiger partial charge is 0.135 e. The summed E-state index contributed by atoms with van der Waals surface area (Å²) in [6.45, 7) is 6.42. The minimum Gasteiger partial charge on any atom is -0.370 e. The van der Waals surface area contributed by atoms with E-state index in [4.69, 9.17) is 4.74 Å². The van der Waals surface area contributed by atoms with Crippen LogP contribution in [0.15, 0.2) is 36.8 Å². The second kappa shape index (κ2) is 6.40. The van der Waals surface area contributed by atoms with E-state index in [0.29, 0.717) is 19.1 Å². The molecule has 0 spiro atoms. The van der Waals surface area contributed by atoms with Crippen LogP contribution in [0.5, 0.6) is 0 Å². The van der Waals surface area contributed by atoms with E-state index in [1.54, 1.807) is 18.5 Å². The van der Waals surface area contributed by atoms with Crippen molar-refractivity contribution in [3.05, 3.63) is 53.7 Å². The first-order valence-corrected chi connectivity index (χ1v) is 7.57. The highest BCUT2D eigenvalue weighted by Crippen LogP contribution is 2.29. The van der Waals surface area contributed by atoms with E-state index in [0.717, 1.165) is 23.5 Å². The molecule has 1 aromatic carbocycles. The van der Waals surface area contributed by atoms with E-state index < -0.39 is 0 Å². The lowest BCUT2D eigenvalue weighted by atomic mass is 10.0. The molecule has 1 aromatic heterocycles. The number of morpholine rings is 1. The van der Waals surface area contributed by atoms with E-state index in [-0.39, 0.29) is 11.9 Å². The molecule has 0 unspecified atom stereocenters. The van der Waals surface area contributed by atoms with Crippen LogP contribution in [0.2, 0.25) is 0 Å². The molecule has 4 nitrogen and oxygen atoms in total. The predicted octanol–water partition coefficient (Wildman–Crippen LogP) is 3.32. The molecule has 5 heteroatoms. The molecular formula is C17H20FN3O. The van der Waals surface area contributed by atoms with Gasteiger partial charge in [-0.05, 0) is 23.6 Å². The van der Waals surface area contributed by atoms with Crippen molar-refractivity contribution < 1.29 is 9.13 Å². The second-order valence-corrected chi connectivity index (χ2v) is 5.81. The number of aromatic nitrogens is 2. The van der Waals surface area contributed by atoms with Crippen molar-refractivity contribution in [1.82, 2.24) is 9.97 Å². The van der Waals surface area contributed by atoms with Gasteiger partial charge in [-0.25, -0.2) is 14.4 Å². The zero-order chi connectivity index (χ0) is 15.5. The average Bonchev–Trinajstić information content (AvgIpc) is 2.55. The monoisotopic (exact) mass is 301 g/mol. The zero-order valence-corrected chi connectivity index (χ0v) is 12.9. The fourth-order valence-corrected chi connectivity index (χ4v) is 2.73. The second-order valence-electron chi connectivity index (χ2n) is 5.81. The summed E-state index contributed by atoms with van der Waals surface area (Å²) in [5.74, 6) is 1.11. The lowest BCUT2D eigenvalue weighted by molar-refractivity contribution is 0.0394. The van der Waals surface area contributed by atoms with Gasteiger partial charge in [0.15, 0.2) is 0 Å². The van der Waals surface area contributed by atoms with Gasteiger partial charge in [-0.15, -0.1) is 0 Å². The number of ether oxygens (including phenoxy) is 1. The van der Waals surface area contributed by atoms with E-state index in [1.807, 2.05) is 6.20 Å². The third-order valence-corrected chi connectivity index (χ3v) is 3.95. The van der Waals surface area contributed by atoms with Crippen LogP contribution >= 0.6 is 0 Å². The predicted molar refractivity (Wildman–Crippen MR) is 83.4 cm³/mol. The van der Waals surface area contributed by atoms with Gasteiger partial charge in [0.2, 0.25) is 0 Å². The molecule has 1 atom stereocenters. The maximum absolute atomic E-state index is 13.1. The summed E-state index contributed by atoms with van der Waals surface area (Å²) in [5.41, 5.74) is 2.13. The van der Waals surface area contributed by atoms with Gasteiger partial charge in [0, 0.05) is 24.8 Å². The third-order valence-electron chi connectivity index (χ3n) is 3.95. The maximum atomic E-state index is 13.1. The van der Waals surface area contributed by atoms with Crippen molar-refractivity contribution in [3.8, 4) is 0 Å². The Kier molecular flexibility index (Phi) is 4.34. The van der Waals surface area contributed by atoms with Gasteiger partial charge in [0.25, 0.3) is 0 Å². The summed E-state index contributed by atoms with van der Waals surface area (Å²) in [7, 11) is 0. The number of hydrogen-bond donors (Lipinski definition) is 0. The third kappa shape index (κ3) is 3.09. The first kappa shape index (κ1) is 14.9. The summed E-state index contributed by atoms with van der Waals surface area (Å²) in [6, 6.07) is 6.52. The van der Waals surface area contributed by atoms with Crippen LogP contribution < -0.4 is 4.90 Å². The van der Waals surface area contributed by atoms with Gasteiger partial charge in [-0.3, -0.25) is 0 Å². The highest BCUT2D eigenvalue weighted by Gasteiger charge is 2.25. The van der Waals surface area contributed by atoms with E-state index >= 15 is 0 Å². The molecule has 0 radical (unpaired) electrons. The molecule has 1 fully saturated rings. The van der Waals surface area contributed by atoms with Crippen molar-refractivity contribution in [2.75, 3.05) is 24.6 Å². The van der Waals surface area contributed by atoms with Gasteiger partial charge in [0.05, 0.1) is 6.61 Å². The van der Waals surface area contributed by atoms with Crippen molar-refractivity contribution in [2.24, 2.45) is 0 Å². The van der Waals surface area contributed by atoms with Crippen LogP contribution in [0, 0.1) is 5.82 Å². The van der Waals surface area contributed by atoms with E-state index in [9.17, 15) is 4.39 Å². The fourth-order valence-electron chi connectivity index (χ4n) is 2.73. The van der Waals surface area contributed by atoms with Crippen molar-refractivity contribution in [2.45, 2.75) is 25.9 Å². The Hall–Kier alpha value is -2.01. The first-order valence-electron chi connectivity index (χ1n) is 7.57. The van der Waals surface area contributed by atoms with Crippen LogP contribution in [0.25, 0.3) is 0 Å². The Balaban J connectivity index is 1.83. The molecular weight excluding hydrogens is 281 g/mol. The molecule has 1 saturated heterocycles. The van der Waals surface area contributed by atoms with Gasteiger partial charge < -0.3 is 9.64 Å². The maximum Gasteiger partial charge on any atom is 0.135 e. The number of benzene rings is 1. The number of rotatable bonds is 3. The van der Waals surface area contributed by atoms with Gasteiger partial charge in [0.1, 0.15) is 24.1 Å². The van der Waals surface area contributed by atoms with Gasteiger partial charge in [-0.2, -0.15) is 0 Å². The Morgan fingerprint density at radius 2 is 2.05 bits per heavy atom. The number of hydrogen-bond acceptors (Lipinski definition) is 4. The molecule has 1 aliphatic rings. The number of nitrogens with zero attached hydrogens (tertiary/aromatic N) is 3. The van der Waals surface area contributed by atoms with Crippen molar-refractivity contribution >= 4 is 5.82 Å². The Morgan fingerprint density at radius 3 is 2.77 bits per heavy atom. The highest BCUT2D eigenvalue weighted by molar-refractivity contribution is 5.47. The fraction of sp³-hybridized carbons (Fsp3) is 0.412. The Bertz CT molecular complexity index is 630. The van der Waals surface area contributed by atoms with Crippen LogP contribution in [0.3, 0.4) is 0 Å². The van der Waals surface area contributed by atoms with E-state index in [2.05, 4.69) is 28.7 Å². The van der Waals surface area contributed by atoms with Crippen LogP contribution in [-0.2, 0) is 4.74 Å². The first-order chi connectivity index (χ1) is 10.6. The topological polar surface area (TPSA) is 38.2 Å². The molecule has 2 aromatic rings. The van der Waals surface area contributed by atoms with Crippen LogP contribution in [0.4, 0.5) is 10.2 Å². The lowest BCUT2D eigenvalue weighted by Gasteiger charge is -2.35. The molecule has 3 rings (SSSR count). The highest BCUT2D eigenvalue weighted by atomic mass is 19.1. The van der Waals surface area contributed by atoms with Crippen molar-refractivity contribution in [3.63, 3.8) is 0 Å². The molecule has 0 N–H and O–H groups in total. The van der Waals surface area contributed by atoms with E-state index in [1.165, 1.54) is 12.1 Å². The van der Waals surface area contributed by atoms with Gasteiger partial charge >= 0.3 is 0 Å². The summed E-state index contributed by atoms with van der Waals surface area (Å²) in [4.78, 5) is 10.8. The van der Waals surface area contributed by atoms with Gasteiger partial charge in [-0.1, -0.05) is 26.0 Å². The zero-order valence-electron chi connectivity index (χ0n) is 12.9. The molecule has 22 heavy (non-hydrogen) atoms. The minimum absolute atomic E-state index is 0.0654. The summed E-state index contributed by atoms with van der Waals surface area (Å²) >= 11 is 0. The molecule has 116 valence electrons. The molecule has 0 saturated carbocycles. The van der Waals surface area contributed by atoms with Crippen LogP contribution in [-0.4, -0.2) is 29.7 Å². The number of anilines is 1. The SMILES string of the molecule is CC(C)c1cncnc1N1CCO[C@@H](c2ccc(F)cc2)C1. The normalized spacial score (nSPS) is 18.7. The molecule has 0 bridgehead atoms. The largest absolute Gasteiger partial charge is 0.370 e. The standard InChI is InChI=1S/C17H20FN3O/c1-12(2)15-9-19-11-20-17(15)21-7-8-22-16(10-21)13-3-5-14(18)6-4-13/h3-6,9,11-12,16H,7-8,10H2,1-2H3/t16-/m1/s1. The molecule has 2 heterocycles. The minimum atomic E-state index is -0.227. The summed E-state index contributed by atoms with van der Waals surface area (Å²) in [6.07, 6.45) is 3.41. The Labute approximate surface area is 130 Å². The molecule has 0 aliphatic carbocycles. The quantitative estimate of drug-likeness (QED) is 0.871. The van der Waals surface area contributed by atoms with Crippen molar-refractivity contribution in [1.29, 1.82) is 0 Å². The lowest BCUT2D eigenvalue weighted by Crippen LogP contribution is -2.39. The van der Waals surface area contributed by atoms with Crippen LogP contribution in [0.1, 0.15) is 37.0 Å². The Morgan fingerprint density at radius 1 is 1.27 bits per heavy atom. The number of halogens is 1. The summed E-state index contributed by atoms with van der Waals surface area (Å²) < 4.78 is 18.9. The average molecular weight is 301 g/mol. The summed E-state index contributed by atoms with van der Waals surface area (Å²) in [5, 5.41) is 0. The molecule has 1 aliphatic heterocycles.